The summed E-state index contributed by atoms with van der Waals surface area (Å²) in [6.07, 6.45) is 2.38. The lowest BCUT2D eigenvalue weighted by molar-refractivity contribution is -0.123. The minimum atomic E-state index is -0.483. The molecule has 0 aromatic carbocycles. The maximum Gasteiger partial charge on any atom is 0.410 e. The van der Waals surface area contributed by atoms with Gasteiger partial charge in [-0.05, 0) is 51.9 Å². The van der Waals surface area contributed by atoms with E-state index < -0.39 is 5.60 Å². The first kappa shape index (κ1) is 22.3. The second kappa shape index (κ2) is 9.47. The number of amides is 3. The van der Waals surface area contributed by atoms with Gasteiger partial charge < -0.3 is 24.6 Å². The van der Waals surface area contributed by atoms with Crippen LogP contribution in [0.5, 0.6) is 0 Å². The molecule has 0 radical (unpaired) electrons. The van der Waals surface area contributed by atoms with Gasteiger partial charge in [0, 0.05) is 38.6 Å². The highest BCUT2D eigenvalue weighted by Crippen LogP contribution is 2.28. The first-order valence-corrected chi connectivity index (χ1v) is 10.2. The average molecular weight is 398 g/mol. The van der Waals surface area contributed by atoms with E-state index in [2.05, 4.69) is 12.2 Å². The molecular formula is C20H35N3O5. The molecule has 2 heterocycles. The van der Waals surface area contributed by atoms with Crippen molar-refractivity contribution in [2.45, 2.75) is 65.0 Å². The van der Waals surface area contributed by atoms with E-state index in [4.69, 9.17) is 9.47 Å². The summed E-state index contributed by atoms with van der Waals surface area (Å²) in [7, 11) is 1.37. The molecule has 2 atom stereocenters. The standard InChI is InChI=1S/C20H35N3O5/c1-14(12-17(24)21-16-8-11-23(13-16)18(25)27-5)15-6-9-22(10-7-15)19(26)28-20(2,3)4/h14-16H,6-13H2,1-5H3,(H,21,24)/t14-,16+/m1/s1. The third-order valence-corrected chi connectivity index (χ3v) is 5.49. The number of nitrogens with one attached hydrogen (secondary N) is 1. The molecule has 3 amide bonds. The van der Waals surface area contributed by atoms with Crippen LogP contribution in [0.1, 0.15) is 53.4 Å². The highest BCUT2D eigenvalue weighted by molar-refractivity contribution is 5.77. The van der Waals surface area contributed by atoms with Gasteiger partial charge in [0.25, 0.3) is 0 Å². The van der Waals surface area contributed by atoms with Gasteiger partial charge in [0.1, 0.15) is 5.60 Å². The summed E-state index contributed by atoms with van der Waals surface area (Å²) >= 11 is 0. The predicted molar refractivity (Wildman–Crippen MR) is 105 cm³/mol. The lowest BCUT2D eigenvalue weighted by Gasteiger charge is -2.35. The summed E-state index contributed by atoms with van der Waals surface area (Å²) in [4.78, 5) is 39.5. The van der Waals surface area contributed by atoms with E-state index in [1.165, 1.54) is 7.11 Å². The van der Waals surface area contributed by atoms with Gasteiger partial charge in [-0.2, -0.15) is 0 Å². The Kier molecular flexibility index (Phi) is 7.55. The predicted octanol–water partition coefficient (Wildman–Crippen LogP) is 2.62. The van der Waals surface area contributed by atoms with E-state index in [0.29, 0.717) is 38.5 Å². The maximum absolute atomic E-state index is 12.4. The van der Waals surface area contributed by atoms with Gasteiger partial charge >= 0.3 is 12.2 Å². The number of rotatable bonds is 4. The second-order valence-corrected chi connectivity index (χ2v) is 8.96. The molecule has 28 heavy (non-hydrogen) atoms. The van der Waals surface area contributed by atoms with E-state index in [0.717, 1.165) is 19.3 Å². The zero-order valence-corrected chi connectivity index (χ0v) is 17.8. The number of likely N-dealkylation sites (tertiary alicyclic amines) is 2. The van der Waals surface area contributed by atoms with Crippen molar-refractivity contribution >= 4 is 18.1 Å². The molecule has 1 N–H and O–H groups in total. The largest absolute Gasteiger partial charge is 0.453 e. The van der Waals surface area contributed by atoms with Crippen LogP contribution in [0.15, 0.2) is 0 Å². The molecule has 0 aromatic heterocycles. The highest BCUT2D eigenvalue weighted by atomic mass is 16.6. The Hall–Kier alpha value is -1.99. The van der Waals surface area contributed by atoms with Gasteiger partial charge in [-0.25, -0.2) is 9.59 Å². The van der Waals surface area contributed by atoms with Crippen molar-refractivity contribution in [3.63, 3.8) is 0 Å². The monoisotopic (exact) mass is 397 g/mol. The summed E-state index contributed by atoms with van der Waals surface area (Å²) in [6, 6.07) is -0.00665. The first-order valence-electron chi connectivity index (χ1n) is 10.2. The van der Waals surface area contributed by atoms with Crippen LogP contribution < -0.4 is 5.32 Å². The molecule has 0 bridgehead atoms. The zero-order chi connectivity index (χ0) is 20.9. The van der Waals surface area contributed by atoms with Crippen molar-refractivity contribution in [2.75, 3.05) is 33.3 Å². The molecular weight excluding hydrogens is 362 g/mol. The van der Waals surface area contributed by atoms with Crippen LogP contribution >= 0.6 is 0 Å². The van der Waals surface area contributed by atoms with E-state index in [-0.39, 0.29) is 30.1 Å². The normalized spacial score (nSPS) is 22.0. The van der Waals surface area contributed by atoms with Gasteiger partial charge in [-0.3, -0.25) is 4.79 Å². The quantitative estimate of drug-likeness (QED) is 0.788. The third-order valence-electron chi connectivity index (χ3n) is 5.49. The van der Waals surface area contributed by atoms with Crippen molar-refractivity contribution in [1.29, 1.82) is 0 Å². The minimum Gasteiger partial charge on any atom is -0.453 e. The fourth-order valence-corrected chi connectivity index (χ4v) is 3.90. The van der Waals surface area contributed by atoms with E-state index in [9.17, 15) is 14.4 Å². The Morgan fingerprint density at radius 2 is 1.64 bits per heavy atom. The van der Waals surface area contributed by atoms with E-state index in [1.54, 1.807) is 9.80 Å². The number of carbonyl (C=O) groups is 3. The molecule has 0 unspecified atom stereocenters. The molecule has 2 saturated heterocycles. The lowest BCUT2D eigenvalue weighted by atomic mass is 9.83. The van der Waals surface area contributed by atoms with Crippen LogP contribution in [-0.2, 0) is 14.3 Å². The highest BCUT2D eigenvalue weighted by Gasteiger charge is 2.31. The molecule has 2 aliphatic heterocycles. The fraction of sp³-hybridized carbons (Fsp3) is 0.850. The van der Waals surface area contributed by atoms with Crippen molar-refractivity contribution in [2.24, 2.45) is 11.8 Å². The SMILES string of the molecule is COC(=O)N1CC[C@H](NC(=O)C[C@@H](C)C2CCN(C(=O)OC(C)(C)C)CC2)C1. The Bertz CT molecular complexity index is 567. The minimum absolute atomic E-state index is 0.00665. The van der Waals surface area contributed by atoms with Crippen LogP contribution in [0.25, 0.3) is 0 Å². The molecule has 8 heteroatoms. The van der Waals surface area contributed by atoms with Crippen LogP contribution in [0.2, 0.25) is 0 Å². The molecule has 2 fully saturated rings. The number of hydrogen-bond acceptors (Lipinski definition) is 5. The molecule has 0 spiro atoms. The van der Waals surface area contributed by atoms with Crippen molar-refractivity contribution in [3.8, 4) is 0 Å². The smallest absolute Gasteiger partial charge is 0.410 e. The number of methoxy groups -OCH3 is 1. The Morgan fingerprint density at radius 1 is 1.04 bits per heavy atom. The van der Waals surface area contributed by atoms with Crippen LogP contribution in [-0.4, -0.2) is 72.8 Å². The van der Waals surface area contributed by atoms with E-state index in [1.807, 2.05) is 20.8 Å². The summed E-state index contributed by atoms with van der Waals surface area (Å²) in [6.45, 7) is 10.2. The maximum atomic E-state index is 12.4. The first-order chi connectivity index (χ1) is 13.1. The average Bonchev–Trinajstić information content (AvgIpc) is 3.08. The molecule has 2 rings (SSSR count). The molecule has 0 saturated carbocycles. The van der Waals surface area contributed by atoms with Crippen LogP contribution in [0, 0.1) is 11.8 Å². The van der Waals surface area contributed by atoms with Gasteiger partial charge in [0.05, 0.1) is 7.11 Å². The fourth-order valence-electron chi connectivity index (χ4n) is 3.90. The number of hydrogen-bond donors (Lipinski definition) is 1. The third kappa shape index (κ3) is 6.56. The topological polar surface area (TPSA) is 88.2 Å². The van der Waals surface area contributed by atoms with Gasteiger partial charge in [-0.1, -0.05) is 6.92 Å². The number of ether oxygens (including phenoxy) is 2. The Balaban J connectivity index is 1.71. The number of carbonyl (C=O) groups excluding carboxylic acids is 3. The number of nitrogens with zero attached hydrogens (tertiary/aromatic N) is 2. The van der Waals surface area contributed by atoms with Crippen molar-refractivity contribution < 1.29 is 23.9 Å². The molecule has 0 aromatic rings. The summed E-state index contributed by atoms with van der Waals surface area (Å²) < 4.78 is 10.2. The van der Waals surface area contributed by atoms with Crippen LogP contribution in [0.3, 0.4) is 0 Å². The lowest BCUT2D eigenvalue weighted by Crippen LogP contribution is -2.43. The van der Waals surface area contributed by atoms with Crippen LogP contribution in [0.4, 0.5) is 9.59 Å². The Morgan fingerprint density at radius 3 is 2.21 bits per heavy atom. The summed E-state index contributed by atoms with van der Waals surface area (Å²) in [5.41, 5.74) is -0.483. The second-order valence-electron chi connectivity index (χ2n) is 8.96. The van der Waals surface area contributed by atoms with Gasteiger partial charge in [-0.15, -0.1) is 0 Å². The molecule has 0 aliphatic carbocycles. The summed E-state index contributed by atoms with van der Waals surface area (Å²) in [5, 5.41) is 3.04. The molecule has 2 aliphatic rings. The number of piperidine rings is 1. The summed E-state index contributed by atoms with van der Waals surface area (Å²) in [5.74, 6) is 0.692. The van der Waals surface area contributed by atoms with Crippen molar-refractivity contribution in [1.82, 2.24) is 15.1 Å². The molecule has 160 valence electrons. The van der Waals surface area contributed by atoms with Gasteiger partial charge in [0.2, 0.25) is 5.91 Å². The van der Waals surface area contributed by atoms with Gasteiger partial charge in [0.15, 0.2) is 0 Å². The van der Waals surface area contributed by atoms with Crippen molar-refractivity contribution in [3.05, 3.63) is 0 Å². The molecule has 8 nitrogen and oxygen atoms in total. The zero-order valence-electron chi connectivity index (χ0n) is 17.8. The Labute approximate surface area is 167 Å². The van der Waals surface area contributed by atoms with E-state index >= 15 is 0 Å².